The third-order valence-corrected chi connectivity index (χ3v) is 2.48. The van der Waals surface area contributed by atoms with Crippen LogP contribution in [0.3, 0.4) is 0 Å². The van der Waals surface area contributed by atoms with Gasteiger partial charge in [0.25, 0.3) is 0 Å². The number of hydrogen-bond donors (Lipinski definition) is 2. The Bertz CT molecular complexity index is 297. The van der Waals surface area contributed by atoms with Crippen LogP contribution in [-0.4, -0.2) is 17.8 Å². The number of halogens is 1. The summed E-state index contributed by atoms with van der Waals surface area (Å²) in [5.74, 6) is 0.336. The Hall–Kier alpha value is -0.930. The summed E-state index contributed by atoms with van der Waals surface area (Å²) < 4.78 is 12.7. The first-order chi connectivity index (χ1) is 7.61. The van der Waals surface area contributed by atoms with Crippen LogP contribution in [0.15, 0.2) is 24.3 Å². The third kappa shape index (κ3) is 4.73. The second-order valence-corrected chi connectivity index (χ2v) is 4.52. The van der Waals surface area contributed by atoms with E-state index in [1.54, 1.807) is 12.1 Å². The molecule has 0 bridgehead atoms. The quantitative estimate of drug-likeness (QED) is 0.778. The highest BCUT2D eigenvalue weighted by Crippen LogP contribution is 2.06. The van der Waals surface area contributed by atoms with Crippen LogP contribution < -0.4 is 5.32 Å². The molecule has 0 heterocycles. The van der Waals surface area contributed by atoms with Crippen LogP contribution in [0, 0.1) is 11.7 Å². The van der Waals surface area contributed by atoms with Gasteiger partial charge in [0, 0.05) is 12.6 Å². The molecular weight excluding hydrogens is 205 g/mol. The molecule has 0 aliphatic heterocycles. The van der Waals surface area contributed by atoms with E-state index in [4.69, 9.17) is 0 Å². The smallest absolute Gasteiger partial charge is 0.123 e. The minimum atomic E-state index is -0.218. The molecule has 0 radical (unpaired) electrons. The van der Waals surface area contributed by atoms with E-state index < -0.39 is 0 Å². The molecular formula is C13H20FNO. The molecule has 0 aromatic heterocycles. The lowest BCUT2D eigenvalue weighted by Crippen LogP contribution is -2.33. The van der Waals surface area contributed by atoms with Crippen molar-refractivity contribution in [1.82, 2.24) is 5.32 Å². The fourth-order valence-electron chi connectivity index (χ4n) is 1.66. The highest BCUT2D eigenvalue weighted by atomic mass is 19.1. The van der Waals surface area contributed by atoms with Crippen LogP contribution in [-0.2, 0) is 6.54 Å². The van der Waals surface area contributed by atoms with E-state index in [0.717, 1.165) is 12.0 Å². The first-order valence-electron chi connectivity index (χ1n) is 5.70. The zero-order chi connectivity index (χ0) is 12.0. The Morgan fingerprint density at radius 1 is 1.25 bits per heavy atom. The molecule has 1 atom stereocenters. The highest BCUT2D eigenvalue weighted by Gasteiger charge is 2.08. The van der Waals surface area contributed by atoms with Crippen molar-refractivity contribution in [2.75, 3.05) is 6.61 Å². The maximum Gasteiger partial charge on any atom is 0.123 e. The Morgan fingerprint density at radius 2 is 1.88 bits per heavy atom. The van der Waals surface area contributed by atoms with Crippen LogP contribution in [0.25, 0.3) is 0 Å². The predicted molar refractivity (Wildman–Crippen MR) is 63.6 cm³/mol. The molecule has 1 rings (SSSR count). The molecule has 0 amide bonds. The van der Waals surface area contributed by atoms with Gasteiger partial charge in [-0.2, -0.15) is 0 Å². The van der Waals surface area contributed by atoms with Crippen LogP contribution in [0.1, 0.15) is 25.8 Å². The Kier molecular flexibility index (Phi) is 5.43. The molecule has 0 aliphatic rings. The number of rotatable bonds is 6. The van der Waals surface area contributed by atoms with Gasteiger partial charge in [-0.1, -0.05) is 26.0 Å². The van der Waals surface area contributed by atoms with Crippen molar-refractivity contribution in [3.8, 4) is 0 Å². The average molecular weight is 225 g/mol. The fraction of sp³-hybridized carbons (Fsp3) is 0.538. The van der Waals surface area contributed by atoms with Crippen molar-refractivity contribution in [1.29, 1.82) is 0 Å². The molecule has 1 unspecified atom stereocenters. The average Bonchev–Trinajstić information content (AvgIpc) is 2.26. The molecule has 3 heteroatoms. The van der Waals surface area contributed by atoms with Gasteiger partial charge in [0.1, 0.15) is 5.82 Å². The van der Waals surface area contributed by atoms with E-state index in [9.17, 15) is 9.50 Å². The number of hydrogen-bond acceptors (Lipinski definition) is 2. The Labute approximate surface area is 96.5 Å². The first-order valence-corrected chi connectivity index (χ1v) is 5.70. The van der Waals surface area contributed by atoms with E-state index in [-0.39, 0.29) is 18.5 Å². The molecule has 1 aromatic carbocycles. The standard InChI is InChI=1S/C13H20FNO/c1-10(2)7-13(9-16)15-8-11-3-5-12(14)6-4-11/h3-6,10,13,15-16H,7-9H2,1-2H3. The number of aliphatic hydroxyl groups excluding tert-OH is 1. The van der Waals surface area contributed by atoms with Crippen molar-refractivity contribution < 1.29 is 9.50 Å². The molecule has 90 valence electrons. The van der Waals surface area contributed by atoms with E-state index >= 15 is 0 Å². The summed E-state index contributed by atoms with van der Waals surface area (Å²) in [4.78, 5) is 0. The highest BCUT2D eigenvalue weighted by molar-refractivity contribution is 5.15. The minimum Gasteiger partial charge on any atom is -0.395 e. The normalized spacial score (nSPS) is 13.1. The van der Waals surface area contributed by atoms with Gasteiger partial charge < -0.3 is 10.4 Å². The lowest BCUT2D eigenvalue weighted by Gasteiger charge is -2.18. The number of nitrogens with one attached hydrogen (secondary N) is 1. The van der Waals surface area contributed by atoms with Crippen LogP contribution in [0.5, 0.6) is 0 Å². The van der Waals surface area contributed by atoms with Gasteiger partial charge in [-0.15, -0.1) is 0 Å². The van der Waals surface area contributed by atoms with Crippen molar-refractivity contribution in [3.63, 3.8) is 0 Å². The monoisotopic (exact) mass is 225 g/mol. The molecule has 0 spiro atoms. The van der Waals surface area contributed by atoms with E-state index in [1.165, 1.54) is 12.1 Å². The summed E-state index contributed by atoms with van der Waals surface area (Å²) in [5, 5.41) is 12.4. The molecule has 2 N–H and O–H groups in total. The summed E-state index contributed by atoms with van der Waals surface area (Å²) in [6.45, 7) is 5.06. The Morgan fingerprint density at radius 3 is 2.38 bits per heavy atom. The summed E-state index contributed by atoms with van der Waals surface area (Å²) in [6.07, 6.45) is 0.942. The van der Waals surface area contributed by atoms with Crippen LogP contribution >= 0.6 is 0 Å². The summed E-state index contributed by atoms with van der Waals surface area (Å²) >= 11 is 0. The summed E-state index contributed by atoms with van der Waals surface area (Å²) in [5.41, 5.74) is 1.03. The van der Waals surface area contributed by atoms with E-state index in [0.29, 0.717) is 12.5 Å². The lowest BCUT2D eigenvalue weighted by molar-refractivity contribution is 0.223. The summed E-state index contributed by atoms with van der Waals surface area (Å²) in [7, 11) is 0. The van der Waals surface area contributed by atoms with Crippen LogP contribution in [0.2, 0.25) is 0 Å². The maximum atomic E-state index is 12.7. The van der Waals surface area contributed by atoms with Gasteiger partial charge in [0.15, 0.2) is 0 Å². The van der Waals surface area contributed by atoms with Crippen molar-refractivity contribution >= 4 is 0 Å². The zero-order valence-electron chi connectivity index (χ0n) is 9.91. The van der Waals surface area contributed by atoms with Crippen molar-refractivity contribution in [3.05, 3.63) is 35.6 Å². The predicted octanol–water partition coefficient (Wildman–Crippen LogP) is 2.32. The van der Waals surface area contributed by atoms with Gasteiger partial charge in [-0.25, -0.2) is 4.39 Å². The third-order valence-electron chi connectivity index (χ3n) is 2.48. The zero-order valence-corrected chi connectivity index (χ0v) is 9.91. The van der Waals surface area contributed by atoms with Gasteiger partial charge in [0.05, 0.1) is 6.61 Å². The van der Waals surface area contributed by atoms with E-state index in [2.05, 4.69) is 19.2 Å². The molecule has 1 aromatic rings. The second-order valence-electron chi connectivity index (χ2n) is 4.52. The molecule has 0 aliphatic carbocycles. The molecule has 16 heavy (non-hydrogen) atoms. The molecule has 0 saturated heterocycles. The SMILES string of the molecule is CC(C)CC(CO)NCc1ccc(F)cc1. The largest absolute Gasteiger partial charge is 0.395 e. The Balaban J connectivity index is 2.40. The van der Waals surface area contributed by atoms with Gasteiger partial charge >= 0.3 is 0 Å². The molecule has 0 fully saturated rings. The van der Waals surface area contributed by atoms with Gasteiger partial charge in [-0.3, -0.25) is 0 Å². The van der Waals surface area contributed by atoms with Crippen molar-refractivity contribution in [2.45, 2.75) is 32.9 Å². The summed E-state index contributed by atoms with van der Waals surface area (Å²) in [6, 6.07) is 6.53. The maximum absolute atomic E-state index is 12.7. The van der Waals surface area contributed by atoms with Crippen molar-refractivity contribution in [2.24, 2.45) is 5.92 Å². The number of benzene rings is 1. The van der Waals surface area contributed by atoms with Crippen LogP contribution in [0.4, 0.5) is 4.39 Å². The minimum absolute atomic E-state index is 0.116. The topological polar surface area (TPSA) is 32.3 Å². The van der Waals surface area contributed by atoms with E-state index in [1.807, 2.05) is 0 Å². The molecule has 0 saturated carbocycles. The second kappa shape index (κ2) is 6.61. The fourth-order valence-corrected chi connectivity index (χ4v) is 1.66. The van der Waals surface area contributed by atoms with Gasteiger partial charge in [0.2, 0.25) is 0 Å². The first kappa shape index (κ1) is 13.1. The lowest BCUT2D eigenvalue weighted by atomic mass is 10.0. The molecule has 2 nitrogen and oxygen atoms in total. The van der Waals surface area contributed by atoms with Gasteiger partial charge in [-0.05, 0) is 30.0 Å². The number of aliphatic hydroxyl groups is 1.